The summed E-state index contributed by atoms with van der Waals surface area (Å²) in [6, 6.07) is 0. The highest BCUT2D eigenvalue weighted by atomic mass is 16.4. The molecular weight excluding hydrogens is 266 g/mol. The molecule has 21 heavy (non-hydrogen) atoms. The Morgan fingerprint density at radius 2 is 1.76 bits per heavy atom. The Bertz CT molecular complexity index is 541. The van der Waals surface area contributed by atoms with Crippen LogP contribution in [0.4, 0.5) is 5.82 Å². The van der Waals surface area contributed by atoms with E-state index in [9.17, 15) is 9.90 Å². The number of piperidine rings is 1. The number of aryl methyl sites for hydroxylation is 1. The number of anilines is 1. The lowest BCUT2D eigenvalue weighted by atomic mass is 9.75. The highest BCUT2D eigenvalue weighted by molar-refractivity contribution is 5.95. The fourth-order valence-electron chi connectivity index (χ4n) is 3.03. The van der Waals surface area contributed by atoms with Crippen molar-refractivity contribution in [2.75, 3.05) is 18.0 Å². The fourth-order valence-corrected chi connectivity index (χ4v) is 3.03. The maximum atomic E-state index is 11.6. The van der Waals surface area contributed by atoms with Crippen LogP contribution in [0.5, 0.6) is 0 Å². The van der Waals surface area contributed by atoms with Crippen molar-refractivity contribution in [3.8, 4) is 0 Å². The third-order valence-corrected chi connectivity index (χ3v) is 4.67. The van der Waals surface area contributed by atoms with Crippen LogP contribution in [-0.2, 0) is 0 Å². The van der Waals surface area contributed by atoms with Crippen LogP contribution in [0.3, 0.4) is 0 Å². The van der Waals surface area contributed by atoms with E-state index in [0.29, 0.717) is 34.0 Å². The first-order chi connectivity index (χ1) is 9.71. The molecular formula is C16H25N3O2. The summed E-state index contributed by atoms with van der Waals surface area (Å²) in [5, 5.41) is 17.8. The molecule has 0 radical (unpaired) electrons. The van der Waals surface area contributed by atoms with Crippen LogP contribution in [-0.4, -0.2) is 34.4 Å². The minimum atomic E-state index is -0.918. The number of carboxylic acids is 1. The quantitative estimate of drug-likeness (QED) is 0.907. The van der Waals surface area contributed by atoms with E-state index in [4.69, 9.17) is 0 Å². The van der Waals surface area contributed by atoms with E-state index < -0.39 is 5.97 Å². The second kappa shape index (κ2) is 5.62. The van der Waals surface area contributed by atoms with Crippen LogP contribution >= 0.6 is 0 Å². The van der Waals surface area contributed by atoms with E-state index in [-0.39, 0.29) is 0 Å². The fraction of sp³-hybridized carbons (Fsp3) is 0.688. The molecule has 0 aromatic carbocycles. The van der Waals surface area contributed by atoms with Gasteiger partial charge in [-0.05, 0) is 43.6 Å². The van der Waals surface area contributed by atoms with Crippen LogP contribution in [0, 0.1) is 25.2 Å². The van der Waals surface area contributed by atoms with Crippen molar-refractivity contribution in [3.63, 3.8) is 0 Å². The third-order valence-electron chi connectivity index (χ3n) is 4.67. The van der Waals surface area contributed by atoms with E-state index in [1.807, 2.05) is 0 Å². The molecule has 2 heterocycles. The van der Waals surface area contributed by atoms with Gasteiger partial charge in [-0.2, -0.15) is 5.10 Å². The lowest BCUT2D eigenvalue weighted by molar-refractivity contribution is 0.0695. The van der Waals surface area contributed by atoms with Crippen molar-refractivity contribution in [3.05, 3.63) is 16.8 Å². The van der Waals surface area contributed by atoms with Crippen LogP contribution < -0.4 is 4.90 Å². The molecule has 2 rings (SSSR count). The molecule has 5 heteroatoms. The lowest BCUT2D eigenvalue weighted by Crippen LogP contribution is -2.39. The molecule has 0 bridgehead atoms. The maximum Gasteiger partial charge on any atom is 0.339 e. The van der Waals surface area contributed by atoms with E-state index in [1.165, 1.54) is 0 Å². The SMILES string of the molecule is Cc1nnc(N2CCC(C(C)(C)C)CC2)c(C(=O)O)c1C. The van der Waals surface area contributed by atoms with Gasteiger partial charge in [-0.1, -0.05) is 20.8 Å². The van der Waals surface area contributed by atoms with Crippen molar-refractivity contribution in [1.29, 1.82) is 0 Å². The summed E-state index contributed by atoms with van der Waals surface area (Å²) in [5.41, 5.74) is 2.00. The van der Waals surface area contributed by atoms with Gasteiger partial charge < -0.3 is 10.0 Å². The second-order valence-corrected chi connectivity index (χ2v) is 7.04. The molecule has 1 fully saturated rings. The Labute approximate surface area is 126 Å². The molecule has 1 aromatic heterocycles. The number of hydrogen-bond acceptors (Lipinski definition) is 4. The molecule has 0 atom stereocenters. The zero-order valence-electron chi connectivity index (χ0n) is 13.6. The number of aromatic carboxylic acids is 1. The van der Waals surface area contributed by atoms with Crippen LogP contribution in [0.1, 0.15) is 55.2 Å². The summed E-state index contributed by atoms with van der Waals surface area (Å²) >= 11 is 0. The Morgan fingerprint density at radius 3 is 2.24 bits per heavy atom. The number of hydrogen-bond donors (Lipinski definition) is 1. The normalized spacial score (nSPS) is 17.1. The van der Waals surface area contributed by atoms with Gasteiger partial charge in [0.2, 0.25) is 0 Å². The van der Waals surface area contributed by atoms with Gasteiger partial charge in [0.25, 0.3) is 0 Å². The third kappa shape index (κ3) is 3.17. The van der Waals surface area contributed by atoms with Crippen LogP contribution in [0.15, 0.2) is 0 Å². The molecule has 0 aliphatic carbocycles. The Hall–Kier alpha value is -1.65. The standard InChI is InChI=1S/C16H25N3O2/c1-10-11(2)17-18-14(13(10)15(20)21)19-8-6-12(7-9-19)16(3,4)5/h12H,6-9H2,1-5H3,(H,20,21). The average Bonchev–Trinajstić information content (AvgIpc) is 2.40. The first-order valence-corrected chi connectivity index (χ1v) is 7.54. The Morgan fingerprint density at radius 1 is 1.19 bits per heavy atom. The van der Waals surface area contributed by atoms with Gasteiger partial charge in [0.1, 0.15) is 5.56 Å². The molecule has 1 N–H and O–H groups in total. The molecule has 1 aromatic rings. The lowest BCUT2D eigenvalue weighted by Gasteiger charge is -2.39. The minimum Gasteiger partial charge on any atom is -0.478 e. The van der Waals surface area contributed by atoms with Gasteiger partial charge in [0.05, 0.1) is 5.69 Å². The summed E-state index contributed by atoms with van der Waals surface area (Å²) in [5.74, 6) is 0.276. The van der Waals surface area contributed by atoms with Crippen LogP contribution in [0.25, 0.3) is 0 Å². The molecule has 0 amide bonds. The summed E-state index contributed by atoms with van der Waals surface area (Å²) in [6.07, 6.45) is 2.13. The number of carboxylic acid groups (broad SMARTS) is 1. The molecule has 0 unspecified atom stereocenters. The average molecular weight is 291 g/mol. The highest BCUT2D eigenvalue weighted by Crippen LogP contribution is 2.36. The summed E-state index contributed by atoms with van der Waals surface area (Å²) < 4.78 is 0. The Kier molecular flexibility index (Phi) is 4.21. The summed E-state index contributed by atoms with van der Waals surface area (Å²) in [7, 11) is 0. The first kappa shape index (κ1) is 15.7. The molecule has 1 aliphatic rings. The van der Waals surface area contributed by atoms with E-state index in [0.717, 1.165) is 25.9 Å². The number of carbonyl (C=O) groups is 1. The molecule has 116 valence electrons. The van der Waals surface area contributed by atoms with E-state index >= 15 is 0 Å². The number of rotatable bonds is 2. The van der Waals surface area contributed by atoms with Gasteiger partial charge >= 0.3 is 5.97 Å². The highest BCUT2D eigenvalue weighted by Gasteiger charge is 2.31. The molecule has 1 aliphatic heterocycles. The zero-order valence-corrected chi connectivity index (χ0v) is 13.6. The second-order valence-electron chi connectivity index (χ2n) is 7.04. The minimum absolute atomic E-state index is 0.302. The van der Waals surface area contributed by atoms with E-state index in [1.54, 1.807) is 13.8 Å². The van der Waals surface area contributed by atoms with Crippen molar-refractivity contribution >= 4 is 11.8 Å². The van der Waals surface area contributed by atoms with Crippen molar-refractivity contribution in [1.82, 2.24) is 10.2 Å². The van der Waals surface area contributed by atoms with Gasteiger partial charge in [0, 0.05) is 13.1 Å². The zero-order chi connectivity index (χ0) is 15.8. The topological polar surface area (TPSA) is 66.3 Å². The molecule has 1 saturated heterocycles. The largest absolute Gasteiger partial charge is 0.478 e. The van der Waals surface area contributed by atoms with E-state index in [2.05, 4.69) is 35.9 Å². The first-order valence-electron chi connectivity index (χ1n) is 7.54. The van der Waals surface area contributed by atoms with Gasteiger partial charge in [-0.3, -0.25) is 0 Å². The Balaban J connectivity index is 2.25. The van der Waals surface area contributed by atoms with Crippen molar-refractivity contribution < 1.29 is 9.90 Å². The van der Waals surface area contributed by atoms with Crippen molar-refractivity contribution in [2.24, 2.45) is 11.3 Å². The summed E-state index contributed by atoms with van der Waals surface area (Å²) in [6.45, 7) is 12.1. The number of aromatic nitrogens is 2. The molecule has 5 nitrogen and oxygen atoms in total. The van der Waals surface area contributed by atoms with Crippen molar-refractivity contribution in [2.45, 2.75) is 47.5 Å². The maximum absolute atomic E-state index is 11.6. The number of nitrogens with zero attached hydrogens (tertiary/aromatic N) is 3. The smallest absolute Gasteiger partial charge is 0.339 e. The van der Waals surface area contributed by atoms with Crippen LogP contribution in [0.2, 0.25) is 0 Å². The predicted molar refractivity (Wildman–Crippen MR) is 82.9 cm³/mol. The van der Waals surface area contributed by atoms with Gasteiger partial charge in [-0.15, -0.1) is 5.10 Å². The van der Waals surface area contributed by atoms with Gasteiger partial charge in [0.15, 0.2) is 5.82 Å². The molecule has 0 saturated carbocycles. The van der Waals surface area contributed by atoms with Gasteiger partial charge in [-0.25, -0.2) is 4.79 Å². The molecule has 0 spiro atoms. The predicted octanol–water partition coefficient (Wildman–Crippen LogP) is 3.05. The monoisotopic (exact) mass is 291 g/mol. The summed E-state index contributed by atoms with van der Waals surface area (Å²) in [4.78, 5) is 13.6.